The van der Waals surface area contributed by atoms with Gasteiger partial charge in [-0.2, -0.15) is 0 Å². The van der Waals surface area contributed by atoms with Crippen molar-refractivity contribution in [2.45, 2.75) is 6.92 Å². The van der Waals surface area contributed by atoms with E-state index in [9.17, 15) is 4.79 Å². The van der Waals surface area contributed by atoms with Gasteiger partial charge >= 0.3 is 0 Å². The minimum Gasteiger partial charge on any atom is -0.368 e. The first-order valence-corrected chi connectivity index (χ1v) is 6.21. The summed E-state index contributed by atoms with van der Waals surface area (Å²) >= 11 is 5.54. The van der Waals surface area contributed by atoms with E-state index in [4.69, 9.17) is 11.6 Å². The second kappa shape index (κ2) is 6.50. The van der Waals surface area contributed by atoms with E-state index in [-0.39, 0.29) is 11.8 Å². The molecule has 1 aliphatic heterocycles. The number of carbonyl (C=O) groups is 1. The number of nitrogens with zero attached hydrogens (tertiary/aromatic N) is 2. The summed E-state index contributed by atoms with van der Waals surface area (Å²) in [5.41, 5.74) is 2.11. The third-order valence-corrected chi connectivity index (χ3v) is 3.03. The lowest BCUT2D eigenvalue weighted by Crippen LogP contribution is -2.48. The molecule has 4 heteroatoms. The molecule has 0 radical (unpaired) electrons. The van der Waals surface area contributed by atoms with E-state index in [1.54, 1.807) is 11.0 Å². The molecule has 0 aromatic heterocycles. The molecule has 0 aromatic carbocycles. The van der Waals surface area contributed by atoms with Gasteiger partial charge in [-0.1, -0.05) is 19.2 Å². The van der Waals surface area contributed by atoms with Crippen molar-refractivity contribution in [3.63, 3.8) is 0 Å². The van der Waals surface area contributed by atoms with E-state index in [2.05, 4.69) is 18.1 Å². The summed E-state index contributed by atoms with van der Waals surface area (Å²) in [7, 11) is 0. The maximum atomic E-state index is 11.4. The van der Waals surface area contributed by atoms with Crippen LogP contribution in [0.2, 0.25) is 0 Å². The highest BCUT2D eigenvalue weighted by atomic mass is 35.5. The maximum Gasteiger partial charge on any atom is 0.237 e. The normalized spacial score (nSPS) is 16.9. The van der Waals surface area contributed by atoms with Crippen LogP contribution in [0.5, 0.6) is 0 Å². The molecule has 0 atom stereocenters. The van der Waals surface area contributed by atoms with Gasteiger partial charge in [0.15, 0.2) is 0 Å². The highest BCUT2D eigenvalue weighted by Crippen LogP contribution is 2.16. The lowest BCUT2D eigenvalue weighted by molar-refractivity contribution is -0.129. The predicted molar refractivity (Wildman–Crippen MR) is 72.0 cm³/mol. The van der Waals surface area contributed by atoms with E-state index >= 15 is 0 Å². The third-order valence-electron chi connectivity index (χ3n) is 2.80. The highest BCUT2D eigenvalue weighted by molar-refractivity contribution is 6.27. The van der Waals surface area contributed by atoms with Crippen LogP contribution in [-0.2, 0) is 4.79 Å². The molecule has 17 heavy (non-hydrogen) atoms. The van der Waals surface area contributed by atoms with Gasteiger partial charge in [-0.3, -0.25) is 4.79 Å². The van der Waals surface area contributed by atoms with Gasteiger partial charge < -0.3 is 9.80 Å². The van der Waals surface area contributed by atoms with Crippen LogP contribution in [0, 0.1) is 0 Å². The maximum absolute atomic E-state index is 11.4. The summed E-state index contributed by atoms with van der Waals surface area (Å²) in [4.78, 5) is 15.5. The van der Waals surface area contributed by atoms with Crippen LogP contribution >= 0.6 is 11.6 Å². The molecule has 1 rings (SSSR count). The Morgan fingerprint density at radius 1 is 1.29 bits per heavy atom. The number of alkyl halides is 1. The minimum absolute atomic E-state index is 0.0101. The summed E-state index contributed by atoms with van der Waals surface area (Å²) in [6, 6.07) is 0. The Labute approximate surface area is 108 Å². The molecule has 0 aliphatic carbocycles. The molecule has 0 bridgehead atoms. The molecule has 0 saturated carbocycles. The summed E-state index contributed by atoms with van der Waals surface area (Å²) in [6.45, 7) is 12.7. The average Bonchev–Trinajstić information content (AvgIpc) is 2.35. The number of rotatable bonds is 4. The second-order valence-corrected chi connectivity index (χ2v) is 4.34. The average molecular weight is 255 g/mol. The molecule has 0 unspecified atom stereocenters. The van der Waals surface area contributed by atoms with Crippen LogP contribution < -0.4 is 0 Å². The standard InChI is InChI=1S/C13H19ClN2O/c1-4-5-12(11(2)3)15-6-8-16(9-7-15)13(17)10-14/h4-5H,1-2,6-10H2,3H3/b12-5+. The van der Waals surface area contributed by atoms with E-state index in [0.717, 1.165) is 24.4 Å². The molecule has 1 amide bonds. The van der Waals surface area contributed by atoms with Gasteiger partial charge in [0.1, 0.15) is 5.88 Å². The van der Waals surface area contributed by atoms with Crippen molar-refractivity contribution in [3.8, 4) is 0 Å². The zero-order valence-electron chi connectivity index (χ0n) is 10.3. The smallest absolute Gasteiger partial charge is 0.237 e. The zero-order chi connectivity index (χ0) is 12.8. The van der Waals surface area contributed by atoms with E-state index in [1.807, 2.05) is 13.0 Å². The van der Waals surface area contributed by atoms with Crippen molar-refractivity contribution in [1.82, 2.24) is 9.80 Å². The van der Waals surface area contributed by atoms with E-state index < -0.39 is 0 Å². The van der Waals surface area contributed by atoms with Gasteiger partial charge in [-0.15, -0.1) is 11.6 Å². The topological polar surface area (TPSA) is 23.6 Å². The SMILES string of the molecule is C=C/C=C(\C(=C)C)N1CCN(C(=O)CCl)CC1. The Bertz CT molecular complexity index is 341. The molecule has 1 aliphatic rings. The molecule has 0 aromatic rings. The number of allylic oxidation sites excluding steroid dienone is 3. The Hall–Kier alpha value is -1.22. The number of carbonyl (C=O) groups excluding carboxylic acids is 1. The van der Waals surface area contributed by atoms with Crippen molar-refractivity contribution in [3.05, 3.63) is 36.6 Å². The number of hydrogen-bond donors (Lipinski definition) is 0. The van der Waals surface area contributed by atoms with Crippen molar-refractivity contribution in [1.29, 1.82) is 0 Å². The largest absolute Gasteiger partial charge is 0.368 e. The lowest BCUT2D eigenvalue weighted by atomic mass is 10.1. The van der Waals surface area contributed by atoms with Crippen LogP contribution in [0.4, 0.5) is 0 Å². The quantitative estimate of drug-likeness (QED) is 0.566. The first-order chi connectivity index (χ1) is 8.10. The monoisotopic (exact) mass is 254 g/mol. The van der Waals surface area contributed by atoms with Crippen LogP contribution in [-0.4, -0.2) is 47.8 Å². The first kappa shape index (κ1) is 13.8. The summed E-state index contributed by atoms with van der Waals surface area (Å²) < 4.78 is 0. The van der Waals surface area contributed by atoms with Crippen molar-refractivity contribution >= 4 is 17.5 Å². The van der Waals surface area contributed by atoms with Gasteiger partial charge in [0.25, 0.3) is 0 Å². The van der Waals surface area contributed by atoms with Gasteiger partial charge in [0.05, 0.1) is 0 Å². The fourth-order valence-electron chi connectivity index (χ4n) is 1.91. The van der Waals surface area contributed by atoms with E-state index in [0.29, 0.717) is 13.1 Å². The van der Waals surface area contributed by atoms with Crippen LogP contribution in [0.1, 0.15) is 6.92 Å². The predicted octanol–water partition coefficient (Wildman–Crippen LogP) is 2.02. The number of piperazine rings is 1. The summed E-state index contributed by atoms with van der Waals surface area (Å²) in [5, 5.41) is 0. The van der Waals surface area contributed by atoms with Gasteiger partial charge in [0, 0.05) is 31.9 Å². The minimum atomic E-state index is 0.0101. The molecule has 3 nitrogen and oxygen atoms in total. The molecule has 1 heterocycles. The molecule has 0 N–H and O–H groups in total. The molecular formula is C13H19ClN2O. The molecule has 1 saturated heterocycles. The fourth-order valence-corrected chi connectivity index (χ4v) is 2.08. The lowest BCUT2D eigenvalue weighted by Gasteiger charge is -2.37. The number of amides is 1. The summed E-state index contributed by atoms with van der Waals surface area (Å²) in [5.74, 6) is 0.0754. The molecular weight excluding hydrogens is 236 g/mol. The van der Waals surface area contributed by atoms with Crippen LogP contribution in [0.3, 0.4) is 0 Å². The highest BCUT2D eigenvalue weighted by Gasteiger charge is 2.21. The van der Waals surface area contributed by atoms with Gasteiger partial charge in [-0.05, 0) is 18.6 Å². The Morgan fingerprint density at radius 3 is 2.24 bits per heavy atom. The van der Waals surface area contributed by atoms with Crippen molar-refractivity contribution < 1.29 is 4.79 Å². The van der Waals surface area contributed by atoms with Crippen molar-refractivity contribution in [2.24, 2.45) is 0 Å². The fraction of sp³-hybridized carbons (Fsp3) is 0.462. The molecule has 1 fully saturated rings. The Balaban J connectivity index is 2.62. The van der Waals surface area contributed by atoms with E-state index in [1.165, 1.54) is 0 Å². The third kappa shape index (κ3) is 3.63. The Kier molecular flexibility index (Phi) is 5.29. The van der Waals surface area contributed by atoms with Gasteiger partial charge in [0.2, 0.25) is 5.91 Å². The summed E-state index contributed by atoms with van der Waals surface area (Å²) in [6.07, 6.45) is 3.72. The van der Waals surface area contributed by atoms with Crippen LogP contribution in [0.25, 0.3) is 0 Å². The van der Waals surface area contributed by atoms with Crippen LogP contribution in [0.15, 0.2) is 36.6 Å². The molecule has 0 spiro atoms. The second-order valence-electron chi connectivity index (χ2n) is 4.07. The van der Waals surface area contributed by atoms with Crippen molar-refractivity contribution in [2.75, 3.05) is 32.1 Å². The van der Waals surface area contributed by atoms with Gasteiger partial charge in [-0.25, -0.2) is 0 Å². The number of hydrogen-bond acceptors (Lipinski definition) is 2. The first-order valence-electron chi connectivity index (χ1n) is 5.67. The number of halogens is 1. The Morgan fingerprint density at radius 2 is 1.82 bits per heavy atom. The molecule has 94 valence electrons. The zero-order valence-corrected chi connectivity index (χ0v) is 11.0.